The summed E-state index contributed by atoms with van der Waals surface area (Å²) in [6, 6.07) is 4.02. The van der Waals surface area contributed by atoms with E-state index in [2.05, 4.69) is 0 Å². The highest BCUT2D eigenvalue weighted by atomic mass is 19.1. The fraction of sp³-hybridized carbons (Fsp3) is 0.500. The first-order valence-corrected chi connectivity index (χ1v) is 6.50. The van der Waals surface area contributed by atoms with Crippen molar-refractivity contribution in [2.24, 2.45) is 5.41 Å². The fourth-order valence-electron chi connectivity index (χ4n) is 1.73. The van der Waals surface area contributed by atoms with Crippen LogP contribution in [0.2, 0.25) is 0 Å². The summed E-state index contributed by atoms with van der Waals surface area (Å²) in [6.45, 7) is 9.17. The normalized spacial score (nSPS) is 17.4. The Morgan fingerprint density at radius 3 is 2.37 bits per heavy atom. The van der Waals surface area contributed by atoms with Crippen LogP contribution in [0, 0.1) is 11.2 Å². The van der Waals surface area contributed by atoms with Gasteiger partial charge in [-0.25, -0.2) is 4.39 Å². The molecule has 0 atom stereocenters. The molecule has 0 saturated carbocycles. The van der Waals surface area contributed by atoms with E-state index in [0.717, 1.165) is 0 Å². The lowest BCUT2D eigenvalue weighted by molar-refractivity contribution is 0.0342. The zero-order valence-corrected chi connectivity index (χ0v) is 11.9. The Hall–Kier alpha value is -1.20. The number of halogens is 1. The Morgan fingerprint density at radius 2 is 1.84 bits per heavy atom. The largest absolute Gasteiger partial charge is 0.494 e. The minimum absolute atomic E-state index is 0.0299. The van der Waals surface area contributed by atoms with Crippen molar-refractivity contribution in [3.8, 4) is 0 Å². The lowest BCUT2D eigenvalue weighted by Gasteiger charge is -2.33. The predicted molar refractivity (Wildman–Crippen MR) is 74.2 cm³/mol. The molecular formula is C14H20BFO3. The van der Waals surface area contributed by atoms with Crippen molar-refractivity contribution in [1.29, 1.82) is 0 Å². The molecule has 1 aromatic carbocycles. The minimum Gasteiger partial charge on any atom is -0.407 e. The summed E-state index contributed by atoms with van der Waals surface area (Å²) in [7, 11) is -0.580. The van der Waals surface area contributed by atoms with E-state index in [1.54, 1.807) is 0 Å². The maximum atomic E-state index is 13.0. The lowest BCUT2D eigenvalue weighted by atomic mass is 9.73. The Kier molecular flexibility index (Phi) is 5.70. The van der Waals surface area contributed by atoms with Crippen molar-refractivity contribution < 1.29 is 18.5 Å². The molecule has 3 nitrogen and oxygen atoms in total. The Balaban J connectivity index is 0.000000861. The molecule has 1 saturated heterocycles. The van der Waals surface area contributed by atoms with E-state index >= 15 is 0 Å². The number of hydrogen-bond donors (Lipinski definition) is 0. The lowest BCUT2D eigenvalue weighted by Crippen LogP contribution is -2.48. The van der Waals surface area contributed by atoms with Gasteiger partial charge in [0, 0.05) is 24.2 Å². The van der Waals surface area contributed by atoms with E-state index in [1.165, 1.54) is 18.2 Å². The number of aldehydes is 1. The van der Waals surface area contributed by atoms with Gasteiger partial charge >= 0.3 is 7.12 Å². The quantitative estimate of drug-likeness (QED) is 0.609. The van der Waals surface area contributed by atoms with Crippen LogP contribution in [0.4, 0.5) is 4.39 Å². The smallest absolute Gasteiger partial charge is 0.407 e. The molecule has 1 heterocycles. The average Bonchev–Trinajstić information content (AvgIpc) is 2.41. The third-order valence-corrected chi connectivity index (χ3v) is 2.68. The van der Waals surface area contributed by atoms with E-state index < -0.39 is 12.9 Å². The summed E-state index contributed by atoms with van der Waals surface area (Å²) < 4.78 is 24.1. The van der Waals surface area contributed by atoms with Gasteiger partial charge in [-0.2, -0.15) is 0 Å². The zero-order valence-electron chi connectivity index (χ0n) is 11.9. The van der Waals surface area contributed by atoms with Crippen molar-refractivity contribution >= 4 is 18.9 Å². The van der Waals surface area contributed by atoms with Crippen LogP contribution in [-0.4, -0.2) is 26.6 Å². The molecule has 0 aromatic heterocycles. The van der Waals surface area contributed by atoms with Gasteiger partial charge in [0.25, 0.3) is 0 Å². The van der Waals surface area contributed by atoms with Gasteiger partial charge < -0.3 is 9.31 Å². The minimum atomic E-state index is -0.580. The van der Waals surface area contributed by atoms with Crippen LogP contribution < -0.4 is 5.46 Å². The molecule has 1 aliphatic heterocycles. The van der Waals surface area contributed by atoms with Crippen LogP contribution in [0.3, 0.4) is 0 Å². The summed E-state index contributed by atoms with van der Waals surface area (Å²) in [5.41, 5.74) is 0.823. The van der Waals surface area contributed by atoms with E-state index in [0.29, 0.717) is 25.0 Å². The molecule has 0 N–H and O–H groups in total. The molecule has 104 valence electrons. The van der Waals surface area contributed by atoms with Crippen molar-refractivity contribution in [3.63, 3.8) is 0 Å². The highest BCUT2D eigenvalue weighted by Gasteiger charge is 2.34. The highest BCUT2D eigenvalue weighted by molar-refractivity contribution is 6.62. The predicted octanol–water partition coefficient (Wildman–Crippen LogP) is 2.43. The van der Waals surface area contributed by atoms with Crippen LogP contribution in [0.5, 0.6) is 0 Å². The second kappa shape index (κ2) is 6.82. The van der Waals surface area contributed by atoms with Crippen LogP contribution in [0.15, 0.2) is 18.2 Å². The first-order valence-electron chi connectivity index (χ1n) is 6.50. The third-order valence-electron chi connectivity index (χ3n) is 2.68. The maximum absolute atomic E-state index is 13.0. The van der Waals surface area contributed by atoms with Crippen LogP contribution in [-0.2, 0) is 9.31 Å². The molecule has 0 amide bonds. The van der Waals surface area contributed by atoms with E-state index in [9.17, 15) is 9.18 Å². The molecule has 5 heteroatoms. The Bertz CT molecular complexity index is 425. The molecule has 1 aliphatic rings. The maximum Gasteiger partial charge on any atom is 0.494 e. The van der Waals surface area contributed by atoms with Crippen LogP contribution in [0.25, 0.3) is 0 Å². The summed E-state index contributed by atoms with van der Waals surface area (Å²) in [5.74, 6) is -0.438. The van der Waals surface area contributed by atoms with Crippen LogP contribution in [0.1, 0.15) is 38.1 Å². The van der Waals surface area contributed by atoms with E-state index in [4.69, 9.17) is 9.31 Å². The molecule has 2 rings (SSSR count). The van der Waals surface area contributed by atoms with Gasteiger partial charge in [0.1, 0.15) is 12.1 Å². The van der Waals surface area contributed by atoms with Gasteiger partial charge in [-0.15, -0.1) is 0 Å². The van der Waals surface area contributed by atoms with Gasteiger partial charge in [-0.05, 0) is 17.6 Å². The topological polar surface area (TPSA) is 35.5 Å². The monoisotopic (exact) mass is 266 g/mol. The number of carbonyl (C=O) groups is 1. The number of hydrogen-bond acceptors (Lipinski definition) is 3. The molecule has 0 radical (unpaired) electrons. The van der Waals surface area contributed by atoms with Gasteiger partial charge in [-0.3, -0.25) is 4.79 Å². The standard InChI is InChI=1S/C12H14BFO3.C2H6/c1-12(2)7-16-13(17-8-12)11-4-3-10(14)5-9(11)6-15;1-2/h3-6H,7-8H2,1-2H3;1-2H3. The molecular weight excluding hydrogens is 246 g/mol. The number of rotatable bonds is 2. The number of benzene rings is 1. The van der Waals surface area contributed by atoms with Crippen molar-refractivity contribution in [2.45, 2.75) is 27.7 Å². The van der Waals surface area contributed by atoms with E-state index in [-0.39, 0.29) is 11.0 Å². The summed E-state index contributed by atoms with van der Waals surface area (Å²) in [6.07, 6.45) is 0.616. The molecule has 1 fully saturated rings. The van der Waals surface area contributed by atoms with Gasteiger partial charge in [-0.1, -0.05) is 33.8 Å². The summed E-state index contributed by atoms with van der Waals surface area (Å²) >= 11 is 0. The SMILES string of the molecule is CC.CC1(C)COB(c2ccc(F)cc2C=O)OC1. The Labute approximate surface area is 114 Å². The fourth-order valence-corrected chi connectivity index (χ4v) is 1.73. The van der Waals surface area contributed by atoms with Crippen molar-refractivity contribution in [2.75, 3.05) is 13.2 Å². The molecule has 0 aliphatic carbocycles. The van der Waals surface area contributed by atoms with Crippen LogP contribution >= 0.6 is 0 Å². The summed E-state index contributed by atoms with van der Waals surface area (Å²) in [5, 5.41) is 0. The third kappa shape index (κ3) is 4.15. The van der Waals surface area contributed by atoms with Gasteiger partial charge in [0.05, 0.1) is 0 Å². The first kappa shape index (κ1) is 15.9. The van der Waals surface area contributed by atoms with Crippen molar-refractivity contribution in [1.82, 2.24) is 0 Å². The number of carbonyl (C=O) groups excluding carboxylic acids is 1. The van der Waals surface area contributed by atoms with E-state index in [1.807, 2.05) is 27.7 Å². The van der Waals surface area contributed by atoms with Gasteiger partial charge in [0.15, 0.2) is 0 Å². The molecule has 1 aromatic rings. The highest BCUT2D eigenvalue weighted by Crippen LogP contribution is 2.21. The molecule has 19 heavy (non-hydrogen) atoms. The zero-order chi connectivity index (χ0) is 14.5. The average molecular weight is 266 g/mol. The van der Waals surface area contributed by atoms with Crippen molar-refractivity contribution in [3.05, 3.63) is 29.6 Å². The molecule has 0 bridgehead atoms. The Morgan fingerprint density at radius 1 is 1.26 bits per heavy atom. The van der Waals surface area contributed by atoms with Gasteiger partial charge in [0.2, 0.25) is 0 Å². The summed E-state index contributed by atoms with van der Waals surface area (Å²) in [4.78, 5) is 10.9. The second-order valence-corrected chi connectivity index (χ2v) is 5.01. The molecule has 0 unspecified atom stereocenters. The molecule has 0 spiro atoms. The second-order valence-electron chi connectivity index (χ2n) is 5.01. The first-order chi connectivity index (χ1) is 9.02.